The molecule has 2 unspecified atom stereocenters. The lowest BCUT2D eigenvalue weighted by molar-refractivity contribution is 0.274. The van der Waals surface area contributed by atoms with Crippen LogP contribution in [0.25, 0.3) is 0 Å². The molecule has 1 aromatic rings. The van der Waals surface area contributed by atoms with Crippen molar-refractivity contribution < 1.29 is 4.74 Å². The van der Waals surface area contributed by atoms with Crippen molar-refractivity contribution in [2.45, 2.75) is 45.2 Å². The van der Waals surface area contributed by atoms with Gasteiger partial charge in [-0.05, 0) is 43.5 Å². The second-order valence-electron chi connectivity index (χ2n) is 6.51. The molecule has 0 aromatic heterocycles. The van der Waals surface area contributed by atoms with Gasteiger partial charge in [-0.2, -0.15) is 0 Å². The van der Waals surface area contributed by atoms with Gasteiger partial charge in [0, 0.05) is 25.7 Å². The lowest BCUT2D eigenvalue weighted by Crippen LogP contribution is -2.38. The van der Waals surface area contributed by atoms with Gasteiger partial charge < -0.3 is 15.0 Å². The first-order chi connectivity index (χ1) is 10.2. The van der Waals surface area contributed by atoms with E-state index in [2.05, 4.69) is 42.4 Å². The fourth-order valence-corrected chi connectivity index (χ4v) is 3.24. The average Bonchev–Trinajstić information content (AvgIpc) is 2.47. The van der Waals surface area contributed by atoms with Gasteiger partial charge in [0.15, 0.2) is 0 Å². The van der Waals surface area contributed by atoms with Crippen molar-refractivity contribution in [3.8, 4) is 5.75 Å². The van der Waals surface area contributed by atoms with Gasteiger partial charge in [-0.25, -0.2) is 0 Å². The monoisotopic (exact) mass is 290 g/mol. The Balaban J connectivity index is 1.68. The Hall–Kier alpha value is -1.06. The minimum atomic E-state index is 0.735. The standard InChI is InChI=1S/C18H30N2O/c1-15-6-4-8-17(12-15)19-10-11-20(2)14-16-7-5-9-18(13-16)21-3/h5,7,9,13,15,17,19H,4,6,8,10-12,14H2,1-3H3. The van der Waals surface area contributed by atoms with Crippen molar-refractivity contribution in [2.24, 2.45) is 5.92 Å². The number of likely N-dealkylation sites (N-methyl/N-ethyl adjacent to an activating group) is 1. The highest BCUT2D eigenvalue weighted by atomic mass is 16.5. The Morgan fingerprint density at radius 3 is 2.95 bits per heavy atom. The number of hydrogen-bond donors (Lipinski definition) is 1. The van der Waals surface area contributed by atoms with Crippen LogP contribution in [0.1, 0.15) is 38.2 Å². The van der Waals surface area contributed by atoms with Crippen molar-refractivity contribution in [1.82, 2.24) is 10.2 Å². The molecule has 0 aliphatic heterocycles. The summed E-state index contributed by atoms with van der Waals surface area (Å²) in [6.07, 6.45) is 5.50. The molecule has 1 aromatic carbocycles. The third-order valence-electron chi connectivity index (χ3n) is 4.45. The third-order valence-corrected chi connectivity index (χ3v) is 4.45. The molecule has 2 rings (SSSR count). The predicted octanol–water partition coefficient (Wildman–Crippen LogP) is 3.30. The van der Waals surface area contributed by atoms with Gasteiger partial charge in [0.2, 0.25) is 0 Å². The highest BCUT2D eigenvalue weighted by Gasteiger charge is 2.17. The SMILES string of the molecule is COc1cccc(CN(C)CCNC2CCCC(C)C2)c1. The smallest absolute Gasteiger partial charge is 0.119 e. The van der Waals surface area contributed by atoms with Crippen LogP contribution in [-0.2, 0) is 6.54 Å². The second-order valence-corrected chi connectivity index (χ2v) is 6.51. The van der Waals surface area contributed by atoms with E-state index in [9.17, 15) is 0 Å². The lowest BCUT2D eigenvalue weighted by atomic mass is 9.87. The molecule has 1 N–H and O–H groups in total. The second kappa shape index (κ2) is 8.40. The number of rotatable bonds is 7. The fraction of sp³-hybridized carbons (Fsp3) is 0.667. The van der Waals surface area contributed by atoms with Crippen molar-refractivity contribution in [1.29, 1.82) is 0 Å². The Morgan fingerprint density at radius 1 is 1.33 bits per heavy atom. The largest absolute Gasteiger partial charge is 0.497 e. The van der Waals surface area contributed by atoms with Gasteiger partial charge in [0.1, 0.15) is 5.75 Å². The van der Waals surface area contributed by atoms with E-state index in [4.69, 9.17) is 4.74 Å². The maximum Gasteiger partial charge on any atom is 0.119 e. The fourth-order valence-electron chi connectivity index (χ4n) is 3.24. The van der Waals surface area contributed by atoms with E-state index in [1.165, 1.54) is 31.2 Å². The molecule has 0 bridgehead atoms. The molecule has 0 saturated heterocycles. The van der Waals surface area contributed by atoms with E-state index in [0.717, 1.165) is 37.3 Å². The predicted molar refractivity (Wildman–Crippen MR) is 88.8 cm³/mol. The first kappa shape index (κ1) is 16.3. The molecule has 0 amide bonds. The molecule has 0 heterocycles. The van der Waals surface area contributed by atoms with E-state index in [1.54, 1.807) is 7.11 Å². The molecule has 0 radical (unpaired) electrons. The number of hydrogen-bond acceptors (Lipinski definition) is 3. The molecule has 1 fully saturated rings. The van der Waals surface area contributed by atoms with Gasteiger partial charge in [-0.3, -0.25) is 0 Å². The van der Waals surface area contributed by atoms with Gasteiger partial charge >= 0.3 is 0 Å². The Labute approximate surface area is 129 Å². The van der Waals surface area contributed by atoms with Crippen LogP contribution >= 0.6 is 0 Å². The molecule has 3 heteroatoms. The zero-order valence-electron chi connectivity index (χ0n) is 13.8. The maximum atomic E-state index is 5.28. The quantitative estimate of drug-likeness (QED) is 0.834. The lowest BCUT2D eigenvalue weighted by Gasteiger charge is -2.28. The first-order valence-corrected chi connectivity index (χ1v) is 8.22. The molecular weight excluding hydrogens is 260 g/mol. The summed E-state index contributed by atoms with van der Waals surface area (Å²) < 4.78 is 5.28. The molecule has 0 spiro atoms. The number of nitrogens with zero attached hydrogens (tertiary/aromatic N) is 1. The van der Waals surface area contributed by atoms with Gasteiger partial charge in [-0.1, -0.05) is 31.9 Å². The normalized spacial score (nSPS) is 22.5. The summed E-state index contributed by atoms with van der Waals surface area (Å²) >= 11 is 0. The van der Waals surface area contributed by atoms with Crippen LogP contribution in [0.2, 0.25) is 0 Å². The van der Waals surface area contributed by atoms with E-state index >= 15 is 0 Å². The Morgan fingerprint density at radius 2 is 2.19 bits per heavy atom. The van der Waals surface area contributed by atoms with Crippen LogP contribution in [0, 0.1) is 5.92 Å². The van der Waals surface area contributed by atoms with Crippen LogP contribution in [0.4, 0.5) is 0 Å². The summed E-state index contributed by atoms with van der Waals surface area (Å²) in [5, 5.41) is 3.72. The van der Waals surface area contributed by atoms with Crippen LogP contribution in [0.5, 0.6) is 5.75 Å². The molecule has 1 saturated carbocycles. The van der Waals surface area contributed by atoms with Gasteiger partial charge in [0.05, 0.1) is 7.11 Å². The summed E-state index contributed by atoms with van der Waals surface area (Å²) in [5.74, 6) is 1.83. The summed E-state index contributed by atoms with van der Waals surface area (Å²) in [6.45, 7) is 5.52. The van der Waals surface area contributed by atoms with Crippen LogP contribution in [0.15, 0.2) is 24.3 Å². The van der Waals surface area contributed by atoms with Crippen molar-refractivity contribution in [3.63, 3.8) is 0 Å². The first-order valence-electron chi connectivity index (χ1n) is 8.22. The highest BCUT2D eigenvalue weighted by molar-refractivity contribution is 5.28. The van der Waals surface area contributed by atoms with Crippen LogP contribution in [0.3, 0.4) is 0 Å². The molecule has 1 aliphatic carbocycles. The average molecular weight is 290 g/mol. The molecule has 2 atom stereocenters. The summed E-state index contributed by atoms with van der Waals surface area (Å²) in [6, 6.07) is 9.07. The summed E-state index contributed by atoms with van der Waals surface area (Å²) in [4.78, 5) is 2.37. The number of nitrogens with one attached hydrogen (secondary N) is 1. The van der Waals surface area contributed by atoms with Crippen molar-refractivity contribution in [3.05, 3.63) is 29.8 Å². The molecule has 3 nitrogen and oxygen atoms in total. The Bertz CT molecular complexity index is 421. The minimum Gasteiger partial charge on any atom is -0.497 e. The zero-order chi connectivity index (χ0) is 15.1. The highest BCUT2D eigenvalue weighted by Crippen LogP contribution is 2.23. The molecule has 118 valence electrons. The Kier molecular flexibility index (Phi) is 6.52. The summed E-state index contributed by atoms with van der Waals surface area (Å²) in [7, 11) is 3.91. The molecule has 21 heavy (non-hydrogen) atoms. The van der Waals surface area contributed by atoms with E-state index in [0.29, 0.717) is 0 Å². The minimum absolute atomic E-state index is 0.735. The van der Waals surface area contributed by atoms with Crippen molar-refractivity contribution >= 4 is 0 Å². The maximum absolute atomic E-state index is 5.28. The number of benzene rings is 1. The van der Waals surface area contributed by atoms with Crippen LogP contribution in [-0.4, -0.2) is 38.2 Å². The van der Waals surface area contributed by atoms with E-state index in [1.807, 2.05) is 6.07 Å². The van der Waals surface area contributed by atoms with Gasteiger partial charge in [-0.15, -0.1) is 0 Å². The van der Waals surface area contributed by atoms with E-state index < -0.39 is 0 Å². The topological polar surface area (TPSA) is 24.5 Å². The third kappa shape index (κ3) is 5.68. The number of ether oxygens (including phenoxy) is 1. The van der Waals surface area contributed by atoms with Gasteiger partial charge in [0.25, 0.3) is 0 Å². The molecular formula is C18H30N2O. The zero-order valence-corrected chi connectivity index (χ0v) is 13.8. The molecule has 1 aliphatic rings. The van der Waals surface area contributed by atoms with Crippen molar-refractivity contribution in [2.75, 3.05) is 27.2 Å². The van der Waals surface area contributed by atoms with Crippen LogP contribution < -0.4 is 10.1 Å². The summed E-state index contributed by atoms with van der Waals surface area (Å²) in [5.41, 5.74) is 1.31. The number of methoxy groups -OCH3 is 1. The van der Waals surface area contributed by atoms with E-state index in [-0.39, 0.29) is 0 Å².